The smallest absolute Gasteiger partial charge is 0.141 e. The molecule has 0 saturated heterocycles. The van der Waals surface area contributed by atoms with E-state index in [1.807, 2.05) is 31.0 Å². The molecule has 2 aromatic rings. The van der Waals surface area contributed by atoms with Gasteiger partial charge in [0.05, 0.1) is 6.20 Å². The van der Waals surface area contributed by atoms with Crippen molar-refractivity contribution < 1.29 is 4.39 Å². The Hall–Kier alpha value is -1.94. The molecule has 106 valence electrons. The van der Waals surface area contributed by atoms with E-state index in [2.05, 4.69) is 29.4 Å². The first-order valence-electron chi connectivity index (χ1n) is 6.77. The van der Waals surface area contributed by atoms with Crippen molar-refractivity contribution in [2.24, 2.45) is 0 Å². The highest BCUT2D eigenvalue weighted by molar-refractivity contribution is 5.62. The summed E-state index contributed by atoms with van der Waals surface area (Å²) in [4.78, 5) is 6.23. The molecule has 0 aliphatic rings. The minimum atomic E-state index is -0.306. The third kappa shape index (κ3) is 3.33. The van der Waals surface area contributed by atoms with Gasteiger partial charge in [-0.1, -0.05) is 19.1 Å². The number of nitrogens with one attached hydrogen (secondary N) is 1. The fourth-order valence-corrected chi connectivity index (χ4v) is 2.12. The lowest BCUT2D eigenvalue weighted by Gasteiger charge is -2.22. The molecule has 0 bridgehead atoms. The Labute approximate surface area is 119 Å². The predicted octanol–water partition coefficient (Wildman–Crippen LogP) is 3.41. The van der Waals surface area contributed by atoms with Crippen LogP contribution in [0.15, 0.2) is 36.5 Å². The Morgan fingerprint density at radius 3 is 2.80 bits per heavy atom. The van der Waals surface area contributed by atoms with Crippen LogP contribution in [0.3, 0.4) is 0 Å². The number of aromatic nitrogens is 1. The van der Waals surface area contributed by atoms with E-state index in [0.29, 0.717) is 6.54 Å². The molecule has 0 aliphatic carbocycles. The van der Waals surface area contributed by atoms with E-state index in [1.165, 1.54) is 17.8 Å². The van der Waals surface area contributed by atoms with Gasteiger partial charge in [-0.3, -0.25) is 0 Å². The zero-order valence-corrected chi connectivity index (χ0v) is 12.2. The van der Waals surface area contributed by atoms with Gasteiger partial charge in [-0.2, -0.15) is 0 Å². The van der Waals surface area contributed by atoms with Crippen LogP contribution >= 0.6 is 0 Å². The topological polar surface area (TPSA) is 28.2 Å². The van der Waals surface area contributed by atoms with E-state index in [4.69, 9.17) is 0 Å². The zero-order valence-electron chi connectivity index (χ0n) is 12.2. The molecule has 0 aliphatic heterocycles. The van der Waals surface area contributed by atoms with Gasteiger partial charge in [-0.05, 0) is 37.2 Å². The van der Waals surface area contributed by atoms with Crippen LogP contribution in [0.1, 0.15) is 18.1 Å². The first-order valence-corrected chi connectivity index (χ1v) is 6.77. The fourth-order valence-electron chi connectivity index (χ4n) is 2.12. The Balaban J connectivity index is 2.35. The standard InChI is InChI=1S/C16H20FN3/c1-4-18-10-13-9-14(17)11-19-16(13)20(3)15-7-5-6-12(2)8-15/h5-9,11,18H,4,10H2,1-3H3. The summed E-state index contributed by atoms with van der Waals surface area (Å²) in [6.45, 7) is 5.52. The molecule has 0 amide bonds. The molecular formula is C16H20FN3. The van der Waals surface area contributed by atoms with Crippen LogP contribution in [0, 0.1) is 12.7 Å². The number of pyridine rings is 1. The van der Waals surface area contributed by atoms with E-state index in [9.17, 15) is 4.39 Å². The largest absolute Gasteiger partial charge is 0.329 e. The molecule has 0 saturated carbocycles. The van der Waals surface area contributed by atoms with Crippen LogP contribution < -0.4 is 10.2 Å². The fraction of sp³-hybridized carbons (Fsp3) is 0.312. The second kappa shape index (κ2) is 6.48. The van der Waals surface area contributed by atoms with Gasteiger partial charge in [-0.25, -0.2) is 9.37 Å². The van der Waals surface area contributed by atoms with Gasteiger partial charge in [0, 0.05) is 24.8 Å². The number of anilines is 2. The predicted molar refractivity (Wildman–Crippen MR) is 80.8 cm³/mol. The molecule has 1 heterocycles. The average Bonchev–Trinajstić information content (AvgIpc) is 2.44. The molecule has 0 atom stereocenters. The Morgan fingerprint density at radius 2 is 2.10 bits per heavy atom. The molecule has 1 aromatic heterocycles. The van der Waals surface area contributed by atoms with Gasteiger partial charge < -0.3 is 10.2 Å². The highest BCUT2D eigenvalue weighted by Gasteiger charge is 2.12. The Morgan fingerprint density at radius 1 is 1.30 bits per heavy atom. The molecule has 2 rings (SSSR count). The van der Waals surface area contributed by atoms with Crippen molar-refractivity contribution in [3.63, 3.8) is 0 Å². The van der Waals surface area contributed by atoms with Crippen LogP contribution in [0.5, 0.6) is 0 Å². The van der Waals surface area contributed by atoms with Crippen molar-refractivity contribution in [1.82, 2.24) is 10.3 Å². The molecule has 1 N–H and O–H groups in total. The lowest BCUT2D eigenvalue weighted by Crippen LogP contribution is -2.18. The average molecular weight is 273 g/mol. The highest BCUT2D eigenvalue weighted by atomic mass is 19.1. The van der Waals surface area contributed by atoms with E-state index in [0.717, 1.165) is 23.6 Å². The molecule has 0 fully saturated rings. The molecule has 3 nitrogen and oxygen atoms in total. The van der Waals surface area contributed by atoms with E-state index >= 15 is 0 Å². The molecule has 0 radical (unpaired) electrons. The zero-order chi connectivity index (χ0) is 14.5. The van der Waals surface area contributed by atoms with Crippen molar-refractivity contribution in [1.29, 1.82) is 0 Å². The maximum Gasteiger partial charge on any atom is 0.141 e. The summed E-state index contributed by atoms with van der Waals surface area (Å²) in [5.74, 6) is 0.470. The van der Waals surface area contributed by atoms with Crippen molar-refractivity contribution >= 4 is 11.5 Å². The monoisotopic (exact) mass is 273 g/mol. The molecule has 1 aromatic carbocycles. The maximum atomic E-state index is 13.4. The first kappa shape index (κ1) is 14.5. The van der Waals surface area contributed by atoms with Gasteiger partial charge in [0.2, 0.25) is 0 Å². The number of nitrogens with zero attached hydrogens (tertiary/aromatic N) is 2. The molecule has 4 heteroatoms. The Bertz CT molecular complexity index is 584. The summed E-state index contributed by atoms with van der Waals surface area (Å²) in [7, 11) is 1.95. The summed E-state index contributed by atoms with van der Waals surface area (Å²) >= 11 is 0. The van der Waals surface area contributed by atoms with E-state index in [-0.39, 0.29) is 5.82 Å². The number of hydrogen-bond acceptors (Lipinski definition) is 3. The second-order valence-corrected chi connectivity index (χ2v) is 4.81. The van der Waals surface area contributed by atoms with Crippen LogP contribution in [-0.2, 0) is 6.54 Å². The first-order chi connectivity index (χ1) is 9.61. The summed E-state index contributed by atoms with van der Waals surface area (Å²) in [5.41, 5.74) is 3.09. The molecule has 0 spiro atoms. The van der Waals surface area contributed by atoms with Crippen molar-refractivity contribution in [2.45, 2.75) is 20.4 Å². The van der Waals surface area contributed by atoms with Crippen LogP contribution in [0.4, 0.5) is 15.9 Å². The summed E-state index contributed by atoms with van der Waals surface area (Å²) in [6.07, 6.45) is 1.26. The molecule has 0 unspecified atom stereocenters. The Kier molecular flexibility index (Phi) is 4.69. The van der Waals surface area contributed by atoms with Gasteiger partial charge in [0.15, 0.2) is 0 Å². The van der Waals surface area contributed by atoms with Crippen molar-refractivity contribution in [3.05, 3.63) is 53.5 Å². The quantitative estimate of drug-likeness (QED) is 0.905. The summed E-state index contributed by atoms with van der Waals surface area (Å²) in [5, 5.41) is 3.22. The minimum Gasteiger partial charge on any atom is -0.329 e. The second-order valence-electron chi connectivity index (χ2n) is 4.81. The molecule has 20 heavy (non-hydrogen) atoms. The lowest BCUT2D eigenvalue weighted by molar-refractivity contribution is 0.614. The third-order valence-electron chi connectivity index (χ3n) is 3.18. The number of aryl methyl sites for hydroxylation is 1. The van der Waals surface area contributed by atoms with E-state index < -0.39 is 0 Å². The van der Waals surface area contributed by atoms with Gasteiger partial charge in [0.25, 0.3) is 0 Å². The lowest BCUT2D eigenvalue weighted by atomic mass is 10.2. The summed E-state index contributed by atoms with van der Waals surface area (Å²) in [6, 6.07) is 9.71. The van der Waals surface area contributed by atoms with Crippen LogP contribution in [0.2, 0.25) is 0 Å². The van der Waals surface area contributed by atoms with Crippen LogP contribution in [-0.4, -0.2) is 18.6 Å². The summed E-state index contributed by atoms with van der Waals surface area (Å²) < 4.78 is 13.4. The van der Waals surface area contributed by atoms with Gasteiger partial charge in [-0.15, -0.1) is 0 Å². The third-order valence-corrected chi connectivity index (χ3v) is 3.18. The SMILES string of the molecule is CCNCc1cc(F)cnc1N(C)c1cccc(C)c1. The van der Waals surface area contributed by atoms with Crippen LogP contribution in [0.25, 0.3) is 0 Å². The highest BCUT2D eigenvalue weighted by Crippen LogP contribution is 2.26. The molecular weight excluding hydrogens is 253 g/mol. The van der Waals surface area contributed by atoms with Crippen molar-refractivity contribution in [3.8, 4) is 0 Å². The number of benzene rings is 1. The van der Waals surface area contributed by atoms with Crippen molar-refractivity contribution in [2.75, 3.05) is 18.5 Å². The number of hydrogen-bond donors (Lipinski definition) is 1. The number of halogens is 1. The minimum absolute atomic E-state index is 0.306. The van der Waals surface area contributed by atoms with Gasteiger partial charge in [0.1, 0.15) is 11.6 Å². The number of rotatable bonds is 5. The maximum absolute atomic E-state index is 13.4. The van der Waals surface area contributed by atoms with Gasteiger partial charge >= 0.3 is 0 Å². The van der Waals surface area contributed by atoms with E-state index in [1.54, 1.807) is 0 Å². The normalized spacial score (nSPS) is 10.6.